The Morgan fingerprint density at radius 2 is 1.81 bits per heavy atom. The number of nitrogens with one attached hydrogen (secondary N) is 1. The molecule has 0 heterocycles. The first-order valence-electron chi connectivity index (χ1n) is 7.12. The van der Waals surface area contributed by atoms with Crippen molar-refractivity contribution < 1.29 is 8.42 Å². The van der Waals surface area contributed by atoms with Gasteiger partial charge in [0.2, 0.25) is 10.0 Å². The Balaban J connectivity index is 2.55. The van der Waals surface area contributed by atoms with Crippen molar-refractivity contribution in [2.45, 2.75) is 50.3 Å². The lowest BCUT2D eigenvalue weighted by molar-refractivity contribution is 0.567. The van der Waals surface area contributed by atoms with Crippen LogP contribution in [0.25, 0.3) is 0 Å². The van der Waals surface area contributed by atoms with Crippen LogP contribution < -0.4 is 10.5 Å². The van der Waals surface area contributed by atoms with Crippen LogP contribution in [0.15, 0.2) is 21.5 Å². The molecule has 0 unspecified atom stereocenters. The van der Waals surface area contributed by atoms with Gasteiger partial charge >= 0.3 is 0 Å². The third-order valence-electron chi connectivity index (χ3n) is 3.14. The second-order valence-electron chi connectivity index (χ2n) is 4.97. The number of sulfonamides is 1. The van der Waals surface area contributed by atoms with Crippen molar-refractivity contribution in [1.29, 1.82) is 0 Å². The van der Waals surface area contributed by atoms with Crippen molar-refractivity contribution in [1.82, 2.24) is 4.72 Å². The van der Waals surface area contributed by atoms with Gasteiger partial charge in [-0.3, -0.25) is 0 Å². The molecular weight excluding hydrogens is 376 g/mol. The SMILES string of the molecule is CCCCCCCCNS(=O)(=O)c1cc(Cl)cc(N)c1Br. The van der Waals surface area contributed by atoms with Crippen molar-refractivity contribution in [3.63, 3.8) is 0 Å². The number of halogens is 2. The number of hydrogen-bond acceptors (Lipinski definition) is 3. The second-order valence-corrected chi connectivity index (χ2v) is 7.94. The van der Waals surface area contributed by atoms with Gasteiger partial charge in [-0.05, 0) is 34.5 Å². The zero-order chi connectivity index (χ0) is 15.9. The summed E-state index contributed by atoms with van der Waals surface area (Å²) in [4.78, 5) is 0.0819. The normalized spacial score (nSPS) is 11.8. The largest absolute Gasteiger partial charge is 0.398 e. The Bertz CT molecular complexity index is 564. The van der Waals surface area contributed by atoms with Gasteiger partial charge in [0.1, 0.15) is 0 Å². The van der Waals surface area contributed by atoms with Crippen LogP contribution in [0, 0.1) is 0 Å². The fraction of sp³-hybridized carbons (Fsp3) is 0.571. The molecule has 0 bridgehead atoms. The summed E-state index contributed by atoms with van der Waals surface area (Å²) in [6.07, 6.45) is 6.65. The highest BCUT2D eigenvalue weighted by Crippen LogP contribution is 2.31. The monoisotopic (exact) mass is 396 g/mol. The van der Waals surface area contributed by atoms with Crippen LogP contribution in [0.5, 0.6) is 0 Å². The van der Waals surface area contributed by atoms with Gasteiger partial charge in [0.05, 0.1) is 9.37 Å². The molecule has 0 amide bonds. The third kappa shape index (κ3) is 6.14. The molecule has 3 N–H and O–H groups in total. The molecule has 0 spiro atoms. The van der Waals surface area contributed by atoms with E-state index >= 15 is 0 Å². The molecular formula is C14H22BrClN2O2S. The van der Waals surface area contributed by atoms with Crippen LogP contribution >= 0.6 is 27.5 Å². The average Bonchev–Trinajstić information content (AvgIpc) is 2.41. The number of rotatable bonds is 9. The molecule has 1 aromatic rings. The van der Waals surface area contributed by atoms with Gasteiger partial charge in [0.25, 0.3) is 0 Å². The van der Waals surface area contributed by atoms with Gasteiger partial charge in [-0.25, -0.2) is 13.1 Å². The predicted molar refractivity (Wildman–Crippen MR) is 92.1 cm³/mol. The standard InChI is InChI=1S/C14H22BrClN2O2S/c1-2-3-4-5-6-7-8-18-21(19,20)13-10-11(16)9-12(17)14(13)15/h9-10,18H,2-8,17H2,1H3. The molecule has 4 nitrogen and oxygen atoms in total. The summed E-state index contributed by atoms with van der Waals surface area (Å²) in [5.74, 6) is 0. The average molecular weight is 398 g/mol. The minimum atomic E-state index is -3.59. The maximum Gasteiger partial charge on any atom is 0.241 e. The maximum atomic E-state index is 12.2. The fourth-order valence-electron chi connectivity index (χ4n) is 1.97. The number of benzene rings is 1. The molecule has 0 fully saturated rings. The van der Waals surface area contributed by atoms with Gasteiger partial charge in [-0.2, -0.15) is 0 Å². The van der Waals surface area contributed by atoms with E-state index in [0.29, 0.717) is 21.7 Å². The van der Waals surface area contributed by atoms with Crippen molar-refractivity contribution in [3.05, 3.63) is 21.6 Å². The molecule has 0 aromatic heterocycles. The van der Waals surface area contributed by atoms with Crippen LogP contribution in [0.3, 0.4) is 0 Å². The first-order chi connectivity index (χ1) is 9.88. The zero-order valence-electron chi connectivity index (χ0n) is 12.2. The van der Waals surface area contributed by atoms with Crippen molar-refractivity contribution in [2.75, 3.05) is 12.3 Å². The molecule has 0 saturated heterocycles. The Hall–Kier alpha value is -0.300. The van der Waals surface area contributed by atoms with E-state index in [1.54, 1.807) is 0 Å². The molecule has 1 rings (SSSR count). The quantitative estimate of drug-likeness (QED) is 0.481. The van der Waals surface area contributed by atoms with Crippen molar-refractivity contribution >= 4 is 43.2 Å². The topological polar surface area (TPSA) is 72.2 Å². The summed E-state index contributed by atoms with van der Waals surface area (Å²) in [5.41, 5.74) is 6.03. The summed E-state index contributed by atoms with van der Waals surface area (Å²) in [7, 11) is -3.59. The minimum Gasteiger partial charge on any atom is -0.398 e. The highest BCUT2D eigenvalue weighted by Gasteiger charge is 2.19. The van der Waals surface area contributed by atoms with Crippen LogP contribution in [0.4, 0.5) is 5.69 Å². The summed E-state index contributed by atoms with van der Waals surface area (Å²) in [6.45, 7) is 2.59. The zero-order valence-corrected chi connectivity index (χ0v) is 15.3. The smallest absolute Gasteiger partial charge is 0.241 e. The van der Waals surface area contributed by atoms with E-state index in [2.05, 4.69) is 27.6 Å². The molecule has 0 saturated carbocycles. The number of hydrogen-bond donors (Lipinski definition) is 2. The number of nitrogen functional groups attached to an aromatic ring is 1. The van der Waals surface area contributed by atoms with Gasteiger partial charge in [-0.15, -0.1) is 0 Å². The molecule has 21 heavy (non-hydrogen) atoms. The molecule has 7 heteroatoms. The summed E-state index contributed by atoms with van der Waals surface area (Å²) in [5, 5.41) is 0.302. The number of unbranched alkanes of at least 4 members (excludes halogenated alkanes) is 5. The molecule has 120 valence electrons. The third-order valence-corrected chi connectivity index (χ3v) is 5.99. The van der Waals surface area contributed by atoms with E-state index in [4.69, 9.17) is 17.3 Å². The second kappa shape index (κ2) is 8.98. The Morgan fingerprint density at radius 1 is 1.19 bits per heavy atom. The Labute approximate surface area is 140 Å². The Morgan fingerprint density at radius 3 is 2.48 bits per heavy atom. The van der Waals surface area contributed by atoms with Crippen LogP contribution in [0.2, 0.25) is 5.02 Å². The van der Waals surface area contributed by atoms with Gasteiger partial charge in [-0.1, -0.05) is 50.6 Å². The molecule has 0 aliphatic rings. The maximum absolute atomic E-state index is 12.2. The molecule has 0 aliphatic carbocycles. The van der Waals surface area contributed by atoms with E-state index in [1.165, 1.54) is 31.4 Å². The highest BCUT2D eigenvalue weighted by molar-refractivity contribution is 9.10. The molecule has 0 aliphatic heterocycles. The van der Waals surface area contributed by atoms with Crippen molar-refractivity contribution in [3.8, 4) is 0 Å². The van der Waals surface area contributed by atoms with E-state index < -0.39 is 10.0 Å². The van der Waals surface area contributed by atoms with E-state index in [0.717, 1.165) is 19.3 Å². The molecule has 0 atom stereocenters. The minimum absolute atomic E-state index is 0.0819. The first kappa shape index (κ1) is 18.7. The lowest BCUT2D eigenvalue weighted by atomic mass is 10.1. The van der Waals surface area contributed by atoms with E-state index in [1.807, 2.05) is 0 Å². The summed E-state index contributed by atoms with van der Waals surface area (Å²) < 4.78 is 27.4. The van der Waals surface area contributed by atoms with Crippen LogP contribution in [-0.2, 0) is 10.0 Å². The van der Waals surface area contributed by atoms with E-state index in [-0.39, 0.29) is 4.90 Å². The Kier molecular flexibility index (Phi) is 8.02. The molecule has 0 radical (unpaired) electrons. The number of nitrogens with two attached hydrogens (primary N) is 1. The van der Waals surface area contributed by atoms with E-state index in [9.17, 15) is 8.42 Å². The van der Waals surface area contributed by atoms with Crippen molar-refractivity contribution in [2.24, 2.45) is 0 Å². The fourth-order valence-corrected chi connectivity index (χ4v) is 4.33. The number of anilines is 1. The predicted octanol–water partition coefficient (Wildman–Crippen LogP) is 4.32. The van der Waals surface area contributed by atoms with Gasteiger partial charge in [0, 0.05) is 17.3 Å². The van der Waals surface area contributed by atoms with Crippen LogP contribution in [0.1, 0.15) is 45.4 Å². The van der Waals surface area contributed by atoms with Gasteiger partial charge < -0.3 is 5.73 Å². The van der Waals surface area contributed by atoms with Crippen LogP contribution in [-0.4, -0.2) is 15.0 Å². The first-order valence-corrected chi connectivity index (χ1v) is 9.78. The highest BCUT2D eigenvalue weighted by atomic mass is 79.9. The lowest BCUT2D eigenvalue weighted by Gasteiger charge is -2.10. The summed E-state index contributed by atoms with van der Waals surface area (Å²) in [6, 6.07) is 2.91. The lowest BCUT2D eigenvalue weighted by Crippen LogP contribution is -2.25. The van der Waals surface area contributed by atoms with Gasteiger partial charge in [0.15, 0.2) is 0 Å². The summed E-state index contributed by atoms with van der Waals surface area (Å²) >= 11 is 9.07. The molecule has 1 aromatic carbocycles.